The number of rotatable bonds is 2. The molecule has 1 aromatic rings. The lowest BCUT2D eigenvalue weighted by Crippen LogP contribution is -2.39. The van der Waals surface area contributed by atoms with E-state index in [0.717, 1.165) is 16.4 Å². The smallest absolute Gasteiger partial charge is 0.251 e. The summed E-state index contributed by atoms with van der Waals surface area (Å²) >= 11 is 8.12. The molecule has 1 N–H and O–H groups in total. The first-order valence-corrected chi connectivity index (χ1v) is 8.61. The Balaban J connectivity index is 1.99. The van der Waals surface area contributed by atoms with Crippen LogP contribution < -0.4 is 5.32 Å². The van der Waals surface area contributed by atoms with Gasteiger partial charge in [-0.15, -0.1) is 0 Å². The molecule has 1 heterocycles. The maximum atomic E-state index is 12.0. The Labute approximate surface area is 127 Å². The summed E-state index contributed by atoms with van der Waals surface area (Å²) in [5, 5.41) is 3.56. The molecule has 0 aromatic heterocycles. The van der Waals surface area contributed by atoms with Crippen molar-refractivity contribution in [1.82, 2.24) is 5.32 Å². The summed E-state index contributed by atoms with van der Waals surface area (Å²) in [6.07, 6.45) is 1.58. The molecule has 0 unspecified atom stereocenters. The second kappa shape index (κ2) is 6.34. The highest BCUT2D eigenvalue weighted by atomic mass is 127. The minimum Gasteiger partial charge on any atom is -0.349 e. The van der Waals surface area contributed by atoms with Crippen molar-refractivity contribution in [2.24, 2.45) is 0 Å². The lowest BCUT2D eigenvalue weighted by atomic mass is 10.1. The van der Waals surface area contributed by atoms with Crippen molar-refractivity contribution in [3.05, 3.63) is 32.4 Å². The van der Waals surface area contributed by atoms with Gasteiger partial charge in [-0.2, -0.15) is 0 Å². The number of halogens is 2. The van der Waals surface area contributed by atoms with E-state index in [-0.39, 0.29) is 11.9 Å². The van der Waals surface area contributed by atoms with Crippen LogP contribution in [0.2, 0.25) is 5.02 Å². The van der Waals surface area contributed by atoms with Crippen molar-refractivity contribution in [1.29, 1.82) is 0 Å². The first-order chi connectivity index (χ1) is 8.56. The third-order valence-corrected chi connectivity index (χ3v) is 5.86. The van der Waals surface area contributed by atoms with Gasteiger partial charge in [0.25, 0.3) is 5.91 Å². The largest absolute Gasteiger partial charge is 0.349 e. The summed E-state index contributed by atoms with van der Waals surface area (Å²) in [6.45, 7) is 0. The number of benzene rings is 1. The average molecular weight is 398 g/mol. The summed E-state index contributed by atoms with van der Waals surface area (Å²) < 4.78 is 12.2. The predicted octanol–water partition coefficient (Wildman–Crippen LogP) is 2.59. The van der Waals surface area contributed by atoms with Gasteiger partial charge in [-0.05, 0) is 53.6 Å². The third-order valence-electron chi connectivity index (χ3n) is 2.90. The van der Waals surface area contributed by atoms with Gasteiger partial charge in [-0.1, -0.05) is 11.6 Å². The quantitative estimate of drug-likeness (QED) is 0.780. The molecule has 0 radical (unpaired) electrons. The van der Waals surface area contributed by atoms with Gasteiger partial charge in [-0.25, -0.2) is 0 Å². The lowest BCUT2D eigenvalue weighted by Gasteiger charge is -2.22. The second-order valence-electron chi connectivity index (χ2n) is 4.22. The van der Waals surface area contributed by atoms with E-state index < -0.39 is 10.8 Å². The van der Waals surface area contributed by atoms with E-state index in [4.69, 9.17) is 11.6 Å². The molecule has 3 nitrogen and oxygen atoms in total. The van der Waals surface area contributed by atoms with Crippen LogP contribution in [-0.2, 0) is 10.8 Å². The molecule has 1 fully saturated rings. The molecule has 1 aliphatic rings. The number of hydrogen-bond donors (Lipinski definition) is 1. The number of carbonyl (C=O) groups is 1. The van der Waals surface area contributed by atoms with Crippen LogP contribution in [0.4, 0.5) is 0 Å². The Bertz CT molecular complexity index is 485. The minimum absolute atomic E-state index is 0.106. The first kappa shape index (κ1) is 14.3. The molecule has 98 valence electrons. The van der Waals surface area contributed by atoms with Crippen LogP contribution >= 0.6 is 34.2 Å². The van der Waals surface area contributed by atoms with Gasteiger partial charge in [0.1, 0.15) is 0 Å². The van der Waals surface area contributed by atoms with Crippen LogP contribution in [0.5, 0.6) is 0 Å². The van der Waals surface area contributed by atoms with Crippen molar-refractivity contribution in [2.45, 2.75) is 18.9 Å². The molecule has 18 heavy (non-hydrogen) atoms. The minimum atomic E-state index is -0.700. The maximum Gasteiger partial charge on any atom is 0.251 e. The zero-order valence-corrected chi connectivity index (χ0v) is 13.3. The van der Waals surface area contributed by atoms with Crippen LogP contribution in [-0.4, -0.2) is 27.7 Å². The van der Waals surface area contributed by atoms with Crippen molar-refractivity contribution >= 4 is 50.9 Å². The van der Waals surface area contributed by atoms with Crippen LogP contribution in [0.3, 0.4) is 0 Å². The van der Waals surface area contributed by atoms with E-state index in [1.807, 2.05) is 6.07 Å². The Morgan fingerprint density at radius 3 is 2.67 bits per heavy atom. The lowest BCUT2D eigenvalue weighted by molar-refractivity contribution is 0.0934. The second-order valence-corrected chi connectivity index (χ2v) is 7.49. The number of hydrogen-bond acceptors (Lipinski definition) is 2. The third kappa shape index (κ3) is 3.68. The van der Waals surface area contributed by atoms with E-state index in [9.17, 15) is 9.00 Å². The molecular formula is C12H13ClINO2S. The molecule has 6 heteroatoms. The average Bonchev–Trinajstić information content (AvgIpc) is 2.35. The Kier molecular flexibility index (Phi) is 5.03. The monoisotopic (exact) mass is 397 g/mol. The molecule has 0 saturated carbocycles. The highest BCUT2D eigenvalue weighted by Crippen LogP contribution is 2.20. The molecule has 1 amide bonds. The topological polar surface area (TPSA) is 46.2 Å². The van der Waals surface area contributed by atoms with Gasteiger partial charge in [0, 0.05) is 37.5 Å². The summed E-state index contributed by atoms with van der Waals surface area (Å²) in [5.41, 5.74) is 0.576. The maximum absolute atomic E-state index is 12.0. The standard InChI is InChI=1S/C12H13ClINO2S/c13-10-7-8(1-2-11(10)14)12(16)15-9-3-5-18(17)6-4-9/h1-2,7,9H,3-6H2,(H,15,16). The van der Waals surface area contributed by atoms with Gasteiger partial charge >= 0.3 is 0 Å². The Hall–Kier alpha value is -0.140. The van der Waals surface area contributed by atoms with E-state index in [0.29, 0.717) is 22.1 Å². The fourth-order valence-corrected chi connectivity index (χ4v) is 3.66. The van der Waals surface area contributed by atoms with Gasteiger partial charge in [0.15, 0.2) is 0 Å². The summed E-state index contributed by atoms with van der Waals surface area (Å²) in [6, 6.07) is 5.41. The zero-order chi connectivity index (χ0) is 13.1. The van der Waals surface area contributed by atoms with E-state index in [2.05, 4.69) is 27.9 Å². The Morgan fingerprint density at radius 2 is 2.06 bits per heavy atom. The predicted molar refractivity (Wildman–Crippen MR) is 82.5 cm³/mol. The highest BCUT2D eigenvalue weighted by Gasteiger charge is 2.20. The summed E-state index contributed by atoms with van der Waals surface area (Å²) in [5.74, 6) is 1.25. The molecule has 2 rings (SSSR count). The molecule has 0 bridgehead atoms. The van der Waals surface area contributed by atoms with Crippen molar-refractivity contribution in [3.8, 4) is 0 Å². The molecule has 0 spiro atoms. The fourth-order valence-electron chi connectivity index (χ4n) is 1.84. The Morgan fingerprint density at radius 1 is 1.39 bits per heavy atom. The number of nitrogens with one attached hydrogen (secondary N) is 1. The highest BCUT2D eigenvalue weighted by molar-refractivity contribution is 14.1. The number of carbonyl (C=O) groups excluding carboxylic acids is 1. The summed E-state index contributed by atoms with van der Waals surface area (Å²) in [4.78, 5) is 12.0. The van der Waals surface area contributed by atoms with Gasteiger partial charge in [0.05, 0.1) is 5.02 Å². The molecule has 0 atom stereocenters. The van der Waals surface area contributed by atoms with Crippen LogP contribution in [0.25, 0.3) is 0 Å². The van der Waals surface area contributed by atoms with Gasteiger partial charge in [0.2, 0.25) is 0 Å². The fraction of sp³-hybridized carbons (Fsp3) is 0.417. The van der Waals surface area contributed by atoms with Crippen LogP contribution in [0.1, 0.15) is 23.2 Å². The SMILES string of the molecule is O=C(NC1CCS(=O)CC1)c1ccc(I)c(Cl)c1. The van der Waals surface area contributed by atoms with Crippen molar-refractivity contribution < 1.29 is 9.00 Å². The van der Waals surface area contributed by atoms with Crippen molar-refractivity contribution in [2.75, 3.05) is 11.5 Å². The van der Waals surface area contributed by atoms with Gasteiger partial charge < -0.3 is 5.32 Å². The van der Waals surface area contributed by atoms with Crippen LogP contribution in [0, 0.1) is 3.57 Å². The first-order valence-electron chi connectivity index (χ1n) is 5.67. The van der Waals surface area contributed by atoms with Crippen LogP contribution in [0.15, 0.2) is 18.2 Å². The molecule has 0 aliphatic carbocycles. The molecule has 1 aliphatic heterocycles. The van der Waals surface area contributed by atoms with Gasteiger partial charge in [-0.3, -0.25) is 9.00 Å². The molecule has 1 aromatic carbocycles. The van der Waals surface area contributed by atoms with E-state index in [1.54, 1.807) is 12.1 Å². The summed E-state index contributed by atoms with van der Waals surface area (Å²) in [7, 11) is -0.700. The molecule has 1 saturated heterocycles. The van der Waals surface area contributed by atoms with E-state index in [1.165, 1.54) is 0 Å². The number of amides is 1. The zero-order valence-electron chi connectivity index (χ0n) is 9.62. The van der Waals surface area contributed by atoms with E-state index >= 15 is 0 Å². The van der Waals surface area contributed by atoms with Crippen molar-refractivity contribution in [3.63, 3.8) is 0 Å². The normalized spacial score (nSPS) is 23.7. The molecular weight excluding hydrogens is 385 g/mol.